The zero-order valence-electron chi connectivity index (χ0n) is 14.5. The van der Waals surface area contributed by atoms with Crippen molar-refractivity contribution in [1.29, 1.82) is 0 Å². The van der Waals surface area contributed by atoms with Gasteiger partial charge in [-0.3, -0.25) is 9.59 Å². The molecule has 2 fully saturated rings. The first-order chi connectivity index (χ1) is 11.3. The van der Waals surface area contributed by atoms with Crippen LogP contribution >= 0.6 is 0 Å². The second kappa shape index (κ2) is 5.84. The predicted octanol–water partition coefficient (Wildman–Crippen LogP) is 0.739. The van der Waals surface area contributed by atoms with Crippen LogP contribution in [0.25, 0.3) is 0 Å². The molecule has 0 saturated carbocycles. The van der Waals surface area contributed by atoms with Crippen molar-refractivity contribution < 1.29 is 19.1 Å². The first-order valence-electron chi connectivity index (χ1n) is 8.40. The Hall–Kier alpha value is -1.96. The maximum absolute atomic E-state index is 13.1. The highest BCUT2D eigenvalue weighted by Crippen LogP contribution is 2.48. The van der Waals surface area contributed by atoms with Gasteiger partial charge in [-0.2, -0.15) is 0 Å². The van der Waals surface area contributed by atoms with Gasteiger partial charge in [0.25, 0.3) is 5.91 Å². The van der Waals surface area contributed by atoms with E-state index in [1.807, 2.05) is 20.8 Å². The molecule has 8 heteroatoms. The Morgan fingerprint density at radius 2 is 2.17 bits per heavy atom. The largest absolute Gasteiger partial charge is 0.426 e. The smallest absolute Gasteiger partial charge is 0.251 e. The summed E-state index contributed by atoms with van der Waals surface area (Å²) in [5.74, 6) is -0.0957. The topological polar surface area (TPSA) is 99.8 Å². The lowest BCUT2D eigenvalue weighted by molar-refractivity contribution is -0.188. The minimum Gasteiger partial charge on any atom is -0.426 e. The molecule has 3 heterocycles. The molecule has 2 amide bonds. The maximum atomic E-state index is 13.1. The minimum atomic E-state index is -0.857. The summed E-state index contributed by atoms with van der Waals surface area (Å²) in [5, 5.41) is 17.6. The molecular formula is C16H24N4O4. The Balaban J connectivity index is 1.91. The number of carbonyl (C=O) groups is 2. The van der Waals surface area contributed by atoms with Gasteiger partial charge in [0.15, 0.2) is 0 Å². The zero-order valence-corrected chi connectivity index (χ0v) is 14.5. The number of β-lactam (4-membered cyclic amide) rings is 1. The van der Waals surface area contributed by atoms with Crippen LogP contribution in [0.15, 0.2) is 10.8 Å². The number of hydrogen-bond acceptors (Lipinski definition) is 6. The summed E-state index contributed by atoms with van der Waals surface area (Å²) in [6.07, 6.45) is 1.78. The molecule has 0 bridgehead atoms. The van der Waals surface area contributed by atoms with Crippen LogP contribution in [-0.2, 0) is 9.59 Å². The standard InChI is InChI=1S/C16H24N4O4/c1-9(2)14(22)19-7-5-6-16(19)11(4)20(15(16)23)12(10(3)21)13-18-17-8-24-13/h8-12,21H,5-7H2,1-4H3. The average molecular weight is 336 g/mol. The summed E-state index contributed by atoms with van der Waals surface area (Å²) in [6, 6.07) is -0.918. The van der Waals surface area contributed by atoms with Gasteiger partial charge < -0.3 is 19.3 Å². The Kier molecular flexibility index (Phi) is 4.11. The molecule has 3 rings (SSSR count). The molecule has 8 nitrogen and oxygen atoms in total. The molecule has 0 aromatic carbocycles. The molecule has 4 atom stereocenters. The monoisotopic (exact) mass is 336 g/mol. The van der Waals surface area contributed by atoms with Crippen molar-refractivity contribution in [2.45, 2.75) is 64.3 Å². The molecule has 2 aliphatic rings. The molecule has 1 aromatic rings. The van der Waals surface area contributed by atoms with E-state index in [2.05, 4.69) is 10.2 Å². The summed E-state index contributed by atoms with van der Waals surface area (Å²) in [4.78, 5) is 29.0. The Morgan fingerprint density at radius 3 is 2.67 bits per heavy atom. The van der Waals surface area contributed by atoms with Crippen LogP contribution < -0.4 is 0 Å². The van der Waals surface area contributed by atoms with Crippen LogP contribution in [-0.4, -0.2) is 61.1 Å². The second-order valence-corrected chi connectivity index (χ2v) is 7.02. The van der Waals surface area contributed by atoms with Crippen molar-refractivity contribution in [3.05, 3.63) is 12.3 Å². The number of rotatable bonds is 4. The van der Waals surface area contributed by atoms with Crippen molar-refractivity contribution in [3.8, 4) is 0 Å². The number of hydrogen-bond donors (Lipinski definition) is 1. The Morgan fingerprint density at radius 1 is 1.46 bits per heavy atom. The van der Waals surface area contributed by atoms with Crippen molar-refractivity contribution in [2.24, 2.45) is 5.92 Å². The van der Waals surface area contributed by atoms with E-state index >= 15 is 0 Å². The average Bonchev–Trinajstić information content (AvgIpc) is 3.20. The van der Waals surface area contributed by atoms with Gasteiger partial charge in [0.1, 0.15) is 11.6 Å². The third-order valence-electron chi connectivity index (χ3n) is 5.28. The van der Waals surface area contributed by atoms with Gasteiger partial charge in [0.05, 0.1) is 12.1 Å². The molecule has 1 aromatic heterocycles. The van der Waals surface area contributed by atoms with E-state index in [0.29, 0.717) is 13.0 Å². The van der Waals surface area contributed by atoms with Gasteiger partial charge >= 0.3 is 0 Å². The molecule has 0 aliphatic carbocycles. The molecule has 4 unspecified atom stereocenters. The molecule has 2 saturated heterocycles. The first kappa shape index (κ1) is 16.9. The number of amides is 2. The lowest BCUT2D eigenvalue weighted by Gasteiger charge is -2.59. The van der Waals surface area contributed by atoms with Crippen molar-refractivity contribution in [3.63, 3.8) is 0 Å². The molecule has 1 N–H and O–H groups in total. The fourth-order valence-electron chi connectivity index (χ4n) is 4.09. The molecule has 132 valence electrons. The van der Waals surface area contributed by atoms with Gasteiger partial charge in [-0.25, -0.2) is 0 Å². The van der Waals surface area contributed by atoms with Gasteiger partial charge in [-0.05, 0) is 26.7 Å². The fraction of sp³-hybridized carbons (Fsp3) is 0.750. The Bertz CT molecular complexity index is 630. The molecule has 0 radical (unpaired) electrons. The summed E-state index contributed by atoms with van der Waals surface area (Å²) in [7, 11) is 0. The van der Waals surface area contributed by atoms with E-state index in [0.717, 1.165) is 6.42 Å². The summed E-state index contributed by atoms with van der Waals surface area (Å²) >= 11 is 0. The van der Waals surface area contributed by atoms with Crippen LogP contribution in [0.1, 0.15) is 52.5 Å². The SMILES string of the molecule is CC(C)C(=O)N1CCCC12C(=O)N(C(c1nnco1)C(C)O)C2C. The van der Waals surface area contributed by atoms with Gasteiger partial charge in [0, 0.05) is 12.5 Å². The lowest BCUT2D eigenvalue weighted by Crippen LogP contribution is -2.79. The van der Waals surface area contributed by atoms with E-state index in [-0.39, 0.29) is 29.7 Å². The van der Waals surface area contributed by atoms with Crippen molar-refractivity contribution >= 4 is 11.8 Å². The number of likely N-dealkylation sites (tertiary alicyclic amines) is 2. The quantitative estimate of drug-likeness (QED) is 0.814. The number of carbonyl (C=O) groups excluding carboxylic acids is 2. The van der Waals surface area contributed by atoms with Crippen molar-refractivity contribution in [2.75, 3.05) is 6.54 Å². The Labute approximate surface area is 140 Å². The summed E-state index contributed by atoms with van der Waals surface area (Å²) in [5.41, 5.74) is -0.797. The normalized spacial score (nSPS) is 29.2. The van der Waals surface area contributed by atoms with Gasteiger partial charge in [-0.1, -0.05) is 13.8 Å². The number of aromatic nitrogens is 2. The van der Waals surface area contributed by atoms with E-state index in [4.69, 9.17) is 4.42 Å². The van der Waals surface area contributed by atoms with Crippen LogP contribution in [0.2, 0.25) is 0 Å². The molecule has 2 aliphatic heterocycles. The number of aliphatic hydroxyl groups is 1. The fourth-order valence-corrected chi connectivity index (χ4v) is 4.09. The maximum Gasteiger partial charge on any atom is 0.251 e. The van der Waals surface area contributed by atoms with E-state index < -0.39 is 17.7 Å². The first-order valence-corrected chi connectivity index (χ1v) is 8.40. The summed E-state index contributed by atoms with van der Waals surface area (Å²) in [6.45, 7) is 7.79. The van der Waals surface area contributed by atoms with E-state index in [1.165, 1.54) is 6.39 Å². The third-order valence-corrected chi connectivity index (χ3v) is 5.28. The van der Waals surface area contributed by atoms with E-state index in [1.54, 1.807) is 16.7 Å². The number of aliphatic hydroxyl groups excluding tert-OH is 1. The second-order valence-electron chi connectivity index (χ2n) is 7.02. The van der Waals surface area contributed by atoms with Crippen LogP contribution in [0.3, 0.4) is 0 Å². The van der Waals surface area contributed by atoms with Gasteiger partial charge in [-0.15, -0.1) is 10.2 Å². The summed E-state index contributed by atoms with van der Waals surface area (Å²) < 4.78 is 5.22. The van der Waals surface area contributed by atoms with E-state index in [9.17, 15) is 14.7 Å². The highest BCUT2D eigenvalue weighted by Gasteiger charge is 2.67. The van der Waals surface area contributed by atoms with Crippen molar-refractivity contribution in [1.82, 2.24) is 20.0 Å². The predicted molar refractivity (Wildman–Crippen MR) is 83.5 cm³/mol. The van der Waals surface area contributed by atoms with Crippen LogP contribution in [0.5, 0.6) is 0 Å². The number of nitrogens with zero attached hydrogens (tertiary/aromatic N) is 4. The lowest BCUT2D eigenvalue weighted by atomic mass is 9.75. The molecule has 1 spiro atoms. The molecular weight excluding hydrogens is 312 g/mol. The minimum absolute atomic E-state index is 0.00117. The molecule has 24 heavy (non-hydrogen) atoms. The highest BCUT2D eigenvalue weighted by molar-refractivity contribution is 5.99. The highest BCUT2D eigenvalue weighted by atomic mass is 16.4. The van der Waals surface area contributed by atoms with Crippen LogP contribution in [0.4, 0.5) is 0 Å². The van der Waals surface area contributed by atoms with Crippen LogP contribution in [0, 0.1) is 5.92 Å². The third kappa shape index (κ3) is 2.16. The zero-order chi connectivity index (χ0) is 17.6. The van der Waals surface area contributed by atoms with Gasteiger partial charge in [0.2, 0.25) is 18.2 Å².